The second-order valence-electron chi connectivity index (χ2n) is 4.55. The second kappa shape index (κ2) is 5.43. The van der Waals surface area contributed by atoms with Crippen LogP contribution in [-0.4, -0.2) is 28.0 Å². The van der Waals surface area contributed by atoms with Gasteiger partial charge >= 0.3 is 6.18 Å². The van der Waals surface area contributed by atoms with Gasteiger partial charge in [-0.05, 0) is 31.4 Å². The van der Waals surface area contributed by atoms with Crippen LogP contribution in [0.2, 0.25) is 5.28 Å². The van der Waals surface area contributed by atoms with Crippen LogP contribution in [0.25, 0.3) is 0 Å². The average molecular weight is 309 g/mol. The first-order chi connectivity index (χ1) is 9.25. The molecule has 1 unspecified atom stereocenters. The van der Waals surface area contributed by atoms with Gasteiger partial charge in [-0.2, -0.15) is 13.2 Å². The van der Waals surface area contributed by atoms with E-state index in [1.807, 2.05) is 0 Å². The van der Waals surface area contributed by atoms with Gasteiger partial charge in [0.25, 0.3) is 0 Å². The van der Waals surface area contributed by atoms with Gasteiger partial charge in [0.15, 0.2) is 5.69 Å². The molecule has 0 bridgehead atoms. The summed E-state index contributed by atoms with van der Waals surface area (Å²) in [5.41, 5.74) is -1.16. The van der Waals surface area contributed by atoms with Crippen LogP contribution in [0.15, 0.2) is 6.07 Å². The Labute approximate surface area is 117 Å². The van der Waals surface area contributed by atoms with Crippen LogP contribution in [0.3, 0.4) is 0 Å². The van der Waals surface area contributed by atoms with E-state index in [-0.39, 0.29) is 17.8 Å². The standard InChI is InChI=1S/C11H12ClF3N4O/c1-5(9(20)17-6-2-3-6)16-8-4-7(11(13,14)15)18-10(12)19-8/h4-6H,2-3H2,1H3,(H,17,20)(H,16,18,19). The fourth-order valence-electron chi connectivity index (χ4n) is 1.48. The quantitative estimate of drug-likeness (QED) is 0.837. The number of rotatable bonds is 4. The Morgan fingerprint density at radius 2 is 2.10 bits per heavy atom. The summed E-state index contributed by atoms with van der Waals surface area (Å²) in [4.78, 5) is 18.4. The fourth-order valence-corrected chi connectivity index (χ4v) is 1.66. The summed E-state index contributed by atoms with van der Waals surface area (Å²) in [7, 11) is 0. The van der Waals surface area contributed by atoms with Crippen molar-refractivity contribution in [3.63, 3.8) is 0 Å². The average Bonchev–Trinajstić information content (AvgIpc) is 3.10. The van der Waals surface area contributed by atoms with Gasteiger partial charge in [-0.1, -0.05) is 0 Å². The molecule has 1 aliphatic carbocycles. The second-order valence-corrected chi connectivity index (χ2v) is 4.89. The third-order valence-corrected chi connectivity index (χ3v) is 2.84. The van der Waals surface area contributed by atoms with E-state index in [0.717, 1.165) is 12.8 Å². The lowest BCUT2D eigenvalue weighted by Gasteiger charge is -2.15. The number of nitrogens with zero attached hydrogens (tertiary/aromatic N) is 2. The predicted octanol–water partition coefficient (Wildman–Crippen LogP) is 2.23. The maximum atomic E-state index is 12.6. The molecule has 0 aromatic carbocycles. The van der Waals surface area contributed by atoms with E-state index < -0.39 is 23.2 Å². The number of halogens is 4. The Kier molecular flexibility index (Phi) is 4.03. The van der Waals surface area contributed by atoms with Crippen molar-refractivity contribution in [1.82, 2.24) is 15.3 Å². The highest BCUT2D eigenvalue weighted by Crippen LogP contribution is 2.29. The molecule has 20 heavy (non-hydrogen) atoms. The first kappa shape index (κ1) is 14.8. The van der Waals surface area contributed by atoms with Gasteiger partial charge in [-0.3, -0.25) is 4.79 Å². The normalized spacial score (nSPS) is 16.6. The van der Waals surface area contributed by atoms with Crippen LogP contribution in [0.1, 0.15) is 25.5 Å². The molecule has 1 heterocycles. The lowest BCUT2D eigenvalue weighted by atomic mass is 10.3. The van der Waals surface area contributed by atoms with Crippen LogP contribution in [-0.2, 0) is 11.0 Å². The molecule has 1 aliphatic rings. The predicted molar refractivity (Wildman–Crippen MR) is 66.3 cm³/mol. The highest BCUT2D eigenvalue weighted by atomic mass is 35.5. The molecular formula is C11H12ClF3N4O. The molecule has 1 amide bonds. The van der Waals surface area contributed by atoms with Gasteiger partial charge in [0, 0.05) is 12.1 Å². The smallest absolute Gasteiger partial charge is 0.358 e. The lowest BCUT2D eigenvalue weighted by molar-refractivity contribution is -0.141. The molecule has 1 saturated carbocycles. The molecule has 1 aromatic heterocycles. The number of hydrogen-bond donors (Lipinski definition) is 2. The number of carbonyl (C=O) groups excluding carboxylic acids is 1. The van der Waals surface area contributed by atoms with Crippen molar-refractivity contribution in [2.24, 2.45) is 0 Å². The molecule has 1 aromatic rings. The van der Waals surface area contributed by atoms with Gasteiger partial charge in [-0.25, -0.2) is 9.97 Å². The largest absolute Gasteiger partial charge is 0.433 e. The molecule has 1 fully saturated rings. The third kappa shape index (κ3) is 3.96. The highest BCUT2D eigenvalue weighted by Gasteiger charge is 2.34. The van der Waals surface area contributed by atoms with Gasteiger partial charge in [0.05, 0.1) is 0 Å². The monoisotopic (exact) mass is 308 g/mol. The van der Waals surface area contributed by atoms with E-state index in [2.05, 4.69) is 20.6 Å². The van der Waals surface area contributed by atoms with Crippen LogP contribution in [0.4, 0.5) is 19.0 Å². The Morgan fingerprint density at radius 3 is 2.65 bits per heavy atom. The van der Waals surface area contributed by atoms with Crippen molar-refractivity contribution in [3.8, 4) is 0 Å². The van der Waals surface area contributed by atoms with Crippen molar-refractivity contribution in [2.75, 3.05) is 5.32 Å². The third-order valence-electron chi connectivity index (χ3n) is 2.67. The number of amides is 1. The van der Waals surface area contributed by atoms with Crippen LogP contribution in [0, 0.1) is 0 Å². The zero-order chi connectivity index (χ0) is 14.9. The topological polar surface area (TPSA) is 66.9 Å². The van der Waals surface area contributed by atoms with Crippen LogP contribution >= 0.6 is 11.6 Å². The number of anilines is 1. The summed E-state index contributed by atoms with van der Waals surface area (Å²) in [6.07, 6.45) is -2.77. The minimum absolute atomic E-state index is 0.143. The Morgan fingerprint density at radius 1 is 1.45 bits per heavy atom. The molecule has 5 nitrogen and oxygen atoms in total. The van der Waals surface area contributed by atoms with Crippen molar-refractivity contribution in [3.05, 3.63) is 17.0 Å². The van der Waals surface area contributed by atoms with E-state index >= 15 is 0 Å². The zero-order valence-corrected chi connectivity index (χ0v) is 11.2. The number of nitrogens with one attached hydrogen (secondary N) is 2. The van der Waals surface area contributed by atoms with Crippen molar-refractivity contribution >= 4 is 23.3 Å². The first-order valence-corrected chi connectivity index (χ1v) is 6.32. The molecule has 110 valence electrons. The molecular weight excluding hydrogens is 297 g/mol. The Bertz CT molecular complexity index is 519. The van der Waals surface area contributed by atoms with E-state index in [1.54, 1.807) is 0 Å². The molecule has 9 heteroatoms. The number of carbonyl (C=O) groups is 1. The highest BCUT2D eigenvalue weighted by molar-refractivity contribution is 6.28. The van der Waals surface area contributed by atoms with E-state index in [4.69, 9.17) is 11.6 Å². The van der Waals surface area contributed by atoms with Crippen LogP contribution in [0.5, 0.6) is 0 Å². The zero-order valence-electron chi connectivity index (χ0n) is 10.5. The van der Waals surface area contributed by atoms with E-state index in [9.17, 15) is 18.0 Å². The minimum Gasteiger partial charge on any atom is -0.358 e. The molecule has 0 spiro atoms. The SMILES string of the molecule is CC(Nc1cc(C(F)(F)F)nc(Cl)n1)C(=O)NC1CC1. The summed E-state index contributed by atoms with van der Waals surface area (Å²) in [5.74, 6) is -0.438. The number of alkyl halides is 3. The number of hydrogen-bond acceptors (Lipinski definition) is 4. The molecule has 0 aliphatic heterocycles. The summed E-state index contributed by atoms with van der Waals surface area (Å²) >= 11 is 5.45. The maximum Gasteiger partial charge on any atom is 0.433 e. The molecule has 2 rings (SSSR count). The molecule has 0 saturated heterocycles. The lowest BCUT2D eigenvalue weighted by Crippen LogP contribution is -2.38. The van der Waals surface area contributed by atoms with Crippen molar-refractivity contribution < 1.29 is 18.0 Å². The Balaban J connectivity index is 2.08. The van der Waals surface area contributed by atoms with Crippen LogP contribution < -0.4 is 10.6 Å². The first-order valence-electron chi connectivity index (χ1n) is 5.94. The van der Waals surface area contributed by atoms with E-state index in [1.165, 1.54) is 6.92 Å². The van der Waals surface area contributed by atoms with Crippen molar-refractivity contribution in [1.29, 1.82) is 0 Å². The van der Waals surface area contributed by atoms with E-state index in [0.29, 0.717) is 6.07 Å². The molecule has 0 radical (unpaired) electrons. The Hall–Kier alpha value is -1.57. The molecule has 2 N–H and O–H groups in total. The van der Waals surface area contributed by atoms with Gasteiger partial charge in [-0.15, -0.1) is 0 Å². The summed E-state index contributed by atoms with van der Waals surface area (Å²) in [6.45, 7) is 1.53. The molecule has 1 atom stereocenters. The summed E-state index contributed by atoms with van der Waals surface area (Å²) in [6, 6.07) is 0.168. The number of aromatic nitrogens is 2. The van der Waals surface area contributed by atoms with Gasteiger partial charge in [0.2, 0.25) is 11.2 Å². The fraction of sp³-hybridized carbons (Fsp3) is 0.545. The summed E-state index contributed by atoms with van der Waals surface area (Å²) in [5, 5.41) is 4.78. The summed E-state index contributed by atoms with van der Waals surface area (Å²) < 4.78 is 37.7. The van der Waals surface area contributed by atoms with Gasteiger partial charge in [0.1, 0.15) is 11.9 Å². The van der Waals surface area contributed by atoms with Crippen molar-refractivity contribution in [2.45, 2.75) is 38.0 Å². The minimum atomic E-state index is -4.62. The van der Waals surface area contributed by atoms with Gasteiger partial charge < -0.3 is 10.6 Å². The maximum absolute atomic E-state index is 12.6.